The molecule has 0 saturated heterocycles. The van der Waals surface area contributed by atoms with Gasteiger partial charge in [0.25, 0.3) is 0 Å². The summed E-state index contributed by atoms with van der Waals surface area (Å²) in [5.74, 6) is -0.273. The zero-order valence-electron chi connectivity index (χ0n) is 11.6. The van der Waals surface area contributed by atoms with Crippen molar-refractivity contribution in [3.63, 3.8) is 0 Å². The smallest absolute Gasteiger partial charge is 0.336 e. The molecule has 0 amide bonds. The minimum atomic E-state index is -1.05. The Morgan fingerprint density at radius 3 is 2.48 bits per heavy atom. The van der Waals surface area contributed by atoms with Crippen molar-refractivity contribution in [3.8, 4) is 11.5 Å². The lowest BCUT2D eigenvalue weighted by atomic mass is 10.0. The molecule has 0 unspecified atom stereocenters. The van der Waals surface area contributed by atoms with Crippen LogP contribution in [0.4, 0.5) is 0 Å². The highest BCUT2D eigenvalue weighted by molar-refractivity contribution is 6.20. The molecule has 21 heavy (non-hydrogen) atoms. The van der Waals surface area contributed by atoms with E-state index in [1.54, 1.807) is 42.5 Å². The number of phenols is 1. The number of carboxylic acid groups (broad SMARTS) is 1. The molecular weight excluding hydrogens is 268 g/mol. The zero-order chi connectivity index (χ0) is 15.2. The number of hydrogen-bond acceptors (Lipinski definition) is 3. The fourth-order valence-corrected chi connectivity index (χ4v) is 1.94. The van der Waals surface area contributed by atoms with E-state index in [0.717, 1.165) is 11.3 Å². The van der Waals surface area contributed by atoms with Gasteiger partial charge in [0.05, 0.1) is 12.2 Å². The van der Waals surface area contributed by atoms with Crippen molar-refractivity contribution >= 4 is 17.6 Å². The summed E-state index contributed by atoms with van der Waals surface area (Å²) in [6, 6.07) is 13.3. The molecule has 0 aliphatic heterocycles. The fourth-order valence-electron chi connectivity index (χ4n) is 1.94. The van der Waals surface area contributed by atoms with Crippen molar-refractivity contribution in [1.29, 1.82) is 0 Å². The molecule has 0 saturated carbocycles. The van der Waals surface area contributed by atoms with Crippen LogP contribution in [-0.2, 0) is 4.79 Å². The second-order valence-electron chi connectivity index (χ2n) is 4.42. The highest BCUT2D eigenvalue weighted by Crippen LogP contribution is 2.23. The predicted octanol–water partition coefficient (Wildman–Crippen LogP) is 3.42. The van der Waals surface area contributed by atoms with Gasteiger partial charge in [-0.15, -0.1) is 0 Å². The first-order chi connectivity index (χ1) is 10.1. The van der Waals surface area contributed by atoms with Crippen LogP contribution in [0.25, 0.3) is 11.6 Å². The number of carbonyl (C=O) groups is 1. The molecule has 0 bridgehead atoms. The van der Waals surface area contributed by atoms with Crippen LogP contribution in [0.5, 0.6) is 11.5 Å². The van der Waals surface area contributed by atoms with Crippen molar-refractivity contribution in [2.75, 3.05) is 6.61 Å². The highest BCUT2D eigenvalue weighted by Gasteiger charge is 2.11. The van der Waals surface area contributed by atoms with Gasteiger partial charge in [-0.2, -0.15) is 0 Å². The lowest BCUT2D eigenvalue weighted by Gasteiger charge is -2.05. The first-order valence-corrected chi connectivity index (χ1v) is 6.57. The maximum atomic E-state index is 11.4. The molecule has 0 aliphatic rings. The molecule has 0 spiro atoms. The van der Waals surface area contributed by atoms with E-state index in [0.29, 0.717) is 12.2 Å². The van der Waals surface area contributed by atoms with Gasteiger partial charge in [0.2, 0.25) is 0 Å². The van der Waals surface area contributed by atoms with Gasteiger partial charge in [0.1, 0.15) is 11.5 Å². The third kappa shape index (κ3) is 3.86. The van der Waals surface area contributed by atoms with Crippen LogP contribution in [0.3, 0.4) is 0 Å². The van der Waals surface area contributed by atoms with Crippen LogP contribution in [0.15, 0.2) is 48.5 Å². The number of phenolic OH excluding ortho intramolecular Hbond substituents is 1. The number of aromatic hydroxyl groups is 1. The standard InChI is InChI=1S/C17H16O4/c1-2-21-15-8-6-12(7-9-15)10-16(17(19)20)13-4-3-5-14(18)11-13/h3-11,18H,2H2,1H3,(H,19,20)/b16-10-. The largest absolute Gasteiger partial charge is 0.508 e. The lowest BCUT2D eigenvalue weighted by Crippen LogP contribution is -1.99. The number of ether oxygens (including phenoxy) is 1. The number of benzene rings is 2. The summed E-state index contributed by atoms with van der Waals surface area (Å²) in [5.41, 5.74) is 1.32. The number of hydrogen-bond donors (Lipinski definition) is 2. The fraction of sp³-hybridized carbons (Fsp3) is 0.118. The second kappa shape index (κ2) is 6.61. The van der Waals surface area contributed by atoms with E-state index in [-0.39, 0.29) is 11.3 Å². The van der Waals surface area contributed by atoms with Crippen molar-refractivity contribution < 1.29 is 19.7 Å². The Kier molecular flexibility index (Phi) is 4.61. The van der Waals surface area contributed by atoms with Crippen LogP contribution < -0.4 is 4.74 Å². The Bertz CT molecular complexity index is 657. The quantitative estimate of drug-likeness (QED) is 0.652. The monoisotopic (exact) mass is 284 g/mol. The topological polar surface area (TPSA) is 66.8 Å². The molecule has 0 fully saturated rings. The average Bonchev–Trinajstić information content (AvgIpc) is 2.46. The molecule has 4 nitrogen and oxygen atoms in total. The second-order valence-corrected chi connectivity index (χ2v) is 4.42. The van der Waals surface area contributed by atoms with Crippen LogP contribution in [0.1, 0.15) is 18.1 Å². The first kappa shape index (κ1) is 14.7. The average molecular weight is 284 g/mol. The van der Waals surface area contributed by atoms with Crippen molar-refractivity contribution in [3.05, 3.63) is 59.7 Å². The van der Waals surface area contributed by atoms with Crippen LogP contribution in [0.2, 0.25) is 0 Å². The minimum absolute atomic E-state index is 0.0337. The number of aliphatic carboxylic acids is 1. The molecule has 0 aromatic heterocycles. The van der Waals surface area contributed by atoms with Gasteiger partial charge in [-0.05, 0) is 48.4 Å². The molecule has 0 aliphatic carbocycles. The Labute approximate surface area is 122 Å². The third-order valence-electron chi connectivity index (χ3n) is 2.89. The van der Waals surface area contributed by atoms with E-state index in [1.807, 2.05) is 6.92 Å². The summed E-state index contributed by atoms with van der Waals surface area (Å²) in [6.07, 6.45) is 1.56. The number of carboxylic acids is 1. The van der Waals surface area contributed by atoms with Gasteiger partial charge in [0.15, 0.2) is 0 Å². The Balaban J connectivity index is 2.35. The first-order valence-electron chi connectivity index (χ1n) is 6.57. The zero-order valence-corrected chi connectivity index (χ0v) is 11.6. The summed E-state index contributed by atoms with van der Waals surface area (Å²) in [7, 11) is 0. The Morgan fingerprint density at radius 2 is 1.90 bits per heavy atom. The third-order valence-corrected chi connectivity index (χ3v) is 2.89. The molecule has 4 heteroatoms. The summed E-state index contributed by atoms with van der Waals surface area (Å²) in [5, 5.41) is 18.8. The Morgan fingerprint density at radius 1 is 1.19 bits per heavy atom. The maximum Gasteiger partial charge on any atom is 0.336 e. The maximum absolute atomic E-state index is 11.4. The van der Waals surface area contributed by atoms with Crippen molar-refractivity contribution in [2.45, 2.75) is 6.92 Å². The van der Waals surface area contributed by atoms with E-state index < -0.39 is 5.97 Å². The summed E-state index contributed by atoms with van der Waals surface area (Å²) in [6.45, 7) is 2.48. The van der Waals surface area contributed by atoms with Gasteiger partial charge in [-0.1, -0.05) is 24.3 Å². The Hall–Kier alpha value is -2.75. The van der Waals surface area contributed by atoms with E-state index in [1.165, 1.54) is 12.1 Å². The van der Waals surface area contributed by atoms with E-state index >= 15 is 0 Å². The summed E-state index contributed by atoms with van der Waals surface area (Å²) >= 11 is 0. The van der Waals surface area contributed by atoms with E-state index in [4.69, 9.17) is 4.74 Å². The number of rotatable bonds is 5. The molecule has 0 atom stereocenters. The van der Waals surface area contributed by atoms with Crippen LogP contribution >= 0.6 is 0 Å². The molecular formula is C17H16O4. The van der Waals surface area contributed by atoms with Gasteiger partial charge in [0, 0.05) is 0 Å². The lowest BCUT2D eigenvalue weighted by molar-refractivity contribution is -0.130. The molecule has 2 aromatic rings. The van der Waals surface area contributed by atoms with Gasteiger partial charge in [-0.25, -0.2) is 4.79 Å². The summed E-state index contributed by atoms with van der Waals surface area (Å²) in [4.78, 5) is 11.4. The van der Waals surface area contributed by atoms with Gasteiger partial charge >= 0.3 is 5.97 Å². The van der Waals surface area contributed by atoms with Gasteiger partial charge < -0.3 is 14.9 Å². The molecule has 0 heterocycles. The summed E-state index contributed by atoms with van der Waals surface area (Å²) < 4.78 is 5.34. The normalized spacial score (nSPS) is 11.2. The SMILES string of the molecule is CCOc1ccc(/C=C(\C(=O)O)c2cccc(O)c2)cc1. The van der Waals surface area contributed by atoms with E-state index in [9.17, 15) is 15.0 Å². The molecule has 2 aromatic carbocycles. The van der Waals surface area contributed by atoms with Crippen LogP contribution in [0, 0.1) is 0 Å². The predicted molar refractivity (Wildman–Crippen MR) is 81.2 cm³/mol. The van der Waals surface area contributed by atoms with Crippen LogP contribution in [-0.4, -0.2) is 22.8 Å². The molecule has 2 rings (SSSR count). The van der Waals surface area contributed by atoms with Crippen molar-refractivity contribution in [1.82, 2.24) is 0 Å². The van der Waals surface area contributed by atoms with Crippen molar-refractivity contribution in [2.24, 2.45) is 0 Å². The molecule has 2 N–H and O–H groups in total. The molecule has 0 radical (unpaired) electrons. The molecule has 108 valence electrons. The minimum Gasteiger partial charge on any atom is -0.508 e. The van der Waals surface area contributed by atoms with Gasteiger partial charge in [-0.3, -0.25) is 0 Å². The highest BCUT2D eigenvalue weighted by atomic mass is 16.5. The van der Waals surface area contributed by atoms with E-state index in [2.05, 4.69) is 0 Å².